The Balaban J connectivity index is 1.88. The van der Waals surface area contributed by atoms with Crippen LogP contribution in [-0.4, -0.2) is 16.8 Å². The second-order valence-electron chi connectivity index (χ2n) is 6.34. The van der Waals surface area contributed by atoms with Crippen LogP contribution in [0.5, 0.6) is 0 Å². The molecule has 3 aromatic rings. The first-order valence-electron chi connectivity index (χ1n) is 8.89. The molecule has 1 aromatic heterocycles. The zero-order valence-corrected chi connectivity index (χ0v) is 17.4. The molecule has 0 saturated heterocycles. The summed E-state index contributed by atoms with van der Waals surface area (Å²) in [5, 5.41) is 4.90. The van der Waals surface area contributed by atoms with Crippen molar-refractivity contribution in [1.82, 2.24) is 10.3 Å². The third kappa shape index (κ3) is 6.26. The molecule has 3 rings (SSSR count). The van der Waals surface area contributed by atoms with Gasteiger partial charge in [0, 0.05) is 28.1 Å². The number of pyridine rings is 1. The number of halogens is 4. The van der Waals surface area contributed by atoms with Gasteiger partial charge in [-0.3, -0.25) is 14.6 Å². The van der Waals surface area contributed by atoms with Crippen LogP contribution in [0.4, 0.5) is 18.9 Å². The number of hydrogen-bond acceptors (Lipinski definition) is 3. The molecule has 0 atom stereocenters. The van der Waals surface area contributed by atoms with Gasteiger partial charge in [0.25, 0.3) is 11.8 Å². The summed E-state index contributed by atoms with van der Waals surface area (Å²) in [5.74, 6) is -1.35. The Morgan fingerprint density at radius 3 is 2.45 bits per heavy atom. The summed E-state index contributed by atoms with van der Waals surface area (Å²) in [6, 6.07) is 14.1. The maximum atomic E-state index is 13.0. The van der Waals surface area contributed by atoms with E-state index in [1.165, 1.54) is 24.4 Å². The van der Waals surface area contributed by atoms with E-state index >= 15 is 0 Å². The lowest BCUT2D eigenvalue weighted by Gasteiger charge is -2.13. The van der Waals surface area contributed by atoms with Crippen molar-refractivity contribution in [1.29, 1.82) is 0 Å². The number of aromatic nitrogens is 1. The van der Waals surface area contributed by atoms with E-state index in [1.54, 1.807) is 42.6 Å². The highest BCUT2D eigenvalue weighted by molar-refractivity contribution is 9.10. The molecule has 0 bridgehead atoms. The van der Waals surface area contributed by atoms with Gasteiger partial charge in [-0.15, -0.1) is 0 Å². The maximum Gasteiger partial charge on any atom is 0.416 e. The molecule has 158 valence electrons. The second kappa shape index (κ2) is 9.57. The minimum atomic E-state index is -4.55. The van der Waals surface area contributed by atoms with Crippen molar-refractivity contribution in [2.45, 2.75) is 6.18 Å². The van der Waals surface area contributed by atoms with E-state index < -0.39 is 23.6 Å². The zero-order valence-electron chi connectivity index (χ0n) is 15.8. The van der Waals surface area contributed by atoms with Crippen LogP contribution < -0.4 is 10.6 Å². The first-order valence-corrected chi connectivity index (χ1v) is 9.69. The van der Waals surface area contributed by atoms with E-state index in [2.05, 4.69) is 31.5 Å². The first kappa shape index (κ1) is 22.2. The van der Waals surface area contributed by atoms with Crippen LogP contribution in [0, 0.1) is 0 Å². The highest BCUT2D eigenvalue weighted by Gasteiger charge is 2.30. The summed E-state index contributed by atoms with van der Waals surface area (Å²) < 4.78 is 39.5. The molecule has 2 amide bonds. The van der Waals surface area contributed by atoms with Gasteiger partial charge in [-0.1, -0.05) is 34.1 Å². The van der Waals surface area contributed by atoms with Gasteiger partial charge in [-0.25, -0.2) is 0 Å². The van der Waals surface area contributed by atoms with Crippen molar-refractivity contribution in [2.75, 3.05) is 5.32 Å². The molecule has 0 fully saturated rings. The third-order valence-electron chi connectivity index (χ3n) is 4.02. The summed E-state index contributed by atoms with van der Waals surface area (Å²) in [7, 11) is 0. The average Bonchev–Trinajstić information content (AvgIpc) is 2.73. The Bertz CT molecular complexity index is 1130. The van der Waals surface area contributed by atoms with Crippen molar-refractivity contribution < 1.29 is 22.8 Å². The highest BCUT2D eigenvalue weighted by Crippen LogP contribution is 2.30. The van der Waals surface area contributed by atoms with Crippen LogP contribution in [0.2, 0.25) is 0 Å². The molecule has 2 N–H and O–H groups in total. The molecule has 0 aliphatic heterocycles. The SMILES string of the molecule is O=C(Nc1cccc(C(F)(F)F)c1)/C(=C\c1cccnc1)NC(=O)c1cccc(Br)c1. The summed E-state index contributed by atoms with van der Waals surface area (Å²) in [6.45, 7) is 0. The van der Waals surface area contributed by atoms with Gasteiger partial charge >= 0.3 is 6.18 Å². The van der Waals surface area contributed by atoms with Crippen LogP contribution >= 0.6 is 15.9 Å². The van der Waals surface area contributed by atoms with Crippen molar-refractivity contribution in [3.05, 3.63) is 99.9 Å². The van der Waals surface area contributed by atoms with E-state index in [0.717, 1.165) is 12.1 Å². The van der Waals surface area contributed by atoms with Crippen LogP contribution in [-0.2, 0) is 11.0 Å². The molecule has 9 heteroatoms. The molecule has 0 saturated carbocycles. The van der Waals surface area contributed by atoms with Crippen molar-refractivity contribution in [3.8, 4) is 0 Å². The van der Waals surface area contributed by atoms with Crippen LogP contribution in [0.15, 0.2) is 83.2 Å². The summed E-state index contributed by atoms with van der Waals surface area (Å²) in [4.78, 5) is 29.4. The van der Waals surface area contributed by atoms with Crippen LogP contribution in [0.1, 0.15) is 21.5 Å². The fraction of sp³-hybridized carbons (Fsp3) is 0.0455. The molecule has 31 heavy (non-hydrogen) atoms. The van der Waals surface area contributed by atoms with Gasteiger partial charge < -0.3 is 10.6 Å². The zero-order chi connectivity index (χ0) is 22.4. The molecule has 0 aliphatic carbocycles. The van der Waals surface area contributed by atoms with Crippen LogP contribution in [0.25, 0.3) is 6.08 Å². The van der Waals surface area contributed by atoms with Crippen molar-refractivity contribution in [2.24, 2.45) is 0 Å². The van der Waals surface area contributed by atoms with E-state index in [1.807, 2.05) is 0 Å². The lowest BCUT2D eigenvalue weighted by Crippen LogP contribution is -2.30. The molecular formula is C22H15BrF3N3O2. The summed E-state index contributed by atoms with van der Waals surface area (Å²) >= 11 is 3.27. The van der Waals surface area contributed by atoms with E-state index in [9.17, 15) is 22.8 Å². The Morgan fingerprint density at radius 1 is 1.00 bits per heavy atom. The van der Waals surface area contributed by atoms with E-state index in [0.29, 0.717) is 15.6 Å². The number of alkyl halides is 3. The number of carbonyl (C=O) groups is 2. The van der Waals surface area contributed by atoms with E-state index in [-0.39, 0.29) is 11.4 Å². The van der Waals surface area contributed by atoms with Crippen LogP contribution in [0.3, 0.4) is 0 Å². The molecule has 0 spiro atoms. The fourth-order valence-corrected chi connectivity index (χ4v) is 2.98. The number of benzene rings is 2. The van der Waals surface area contributed by atoms with Gasteiger partial charge in [0.1, 0.15) is 5.70 Å². The normalized spacial score (nSPS) is 11.7. The molecule has 5 nitrogen and oxygen atoms in total. The Kier molecular flexibility index (Phi) is 6.86. The number of anilines is 1. The number of hydrogen-bond donors (Lipinski definition) is 2. The van der Waals surface area contributed by atoms with Gasteiger partial charge in [-0.05, 0) is 54.1 Å². The minimum absolute atomic E-state index is 0.0615. The predicted molar refractivity (Wildman–Crippen MR) is 114 cm³/mol. The molecular weight excluding hydrogens is 475 g/mol. The monoisotopic (exact) mass is 489 g/mol. The van der Waals surface area contributed by atoms with Gasteiger partial charge in [0.2, 0.25) is 0 Å². The van der Waals surface area contributed by atoms with Crippen molar-refractivity contribution in [3.63, 3.8) is 0 Å². The number of amides is 2. The van der Waals surface area contributed by atoms with Gasteiger partial charge in [-0.2, -0.15) is 13.2 Å². The summed E-state index contributed by atoms with van der Waals surface area (Å²) in [5.41, 5.74) is -0.310. The lowest BCUT2D eigenvalue weighted by molar-refractivity contribution is -0.137. The number of rotatable bonds is 5. The topological polar surface area (TPSA) is 71.1 Å². The Hall–Kier alpha value is -3.46. The smallest absolute Gasteiger partial charge is 0.321 e. The average molecular weight is 490 g/mol. The Morgan fingerprint density at radius 2 is 1.77 bits per heavy atom. The largest absolute Gasteiger partial charge is 0.416 e. The minimum Gasteiger partial charge on any atom is -0.321 e. The molecule has 0 radical (unpaired) electrons. The molecule has 2 aromatic carbocycles. The predicted octanol–water partition coefficient (Wildman–Crippen LogP) is 5.27. The standard InChI is InChI=1S/C22H15BrF3N3O2/c23-17-7-1-5-15(11-17)20(30)29-19(10-14-4-3-9-27-13-14)21(31)28-18-8-2-6-16(12-18)22(24,25)26/h1-13H,(H,28,31)(H,29,30)/b19-10+. The fourth-order valence-electron chi connectivity index (χ4n) is 2.58. The van der Waals surface area contributed by atoms with Gasteiger partial charge in [0.05, 0.1) is 5.56 Å². The Labute approximate surface area is 184 Å². The third-order valence-corrected chi connectivity index (χ3v) is 4.52. The number of nitrogens with one attached hydrogen (secondary N) is 2. The molecule has 0 aliphatic rings. The molecule has 1 heterocycles. The highest BCUT2D eigenvalue weighted by atomic mass is 79.9. The summed E-state index contributed by atoms with van der Waals surface area (Å²) in [6.07, 6.45) is -0.154. The van der Waals surface area contributed by atoms with Crippen molar-refractivity contribution >= 4 is 39.5 Å². The number of nitrogens with zero attached hydrogens (tertiary/aromatic N) is 1. The van der Waals surface area contributed by atoms with Gasteiger partial charge in [0.15, 0.2) is 0 Å². The number of carbonyl (C=O) groups excluding carboxylic acids is 2. The molecule has 0 unspecified atom stereocenters. The van der Waals surface area contributed by atoms with E-state index in [4.69, 9.17) is 0 Å². The first-order chi connectivity index (χ1) is 14.7. The lowest BCUT2D eigenvalue weighted by atomic mass is 10.1. The maximum absolute atomic E-state index is 13.0. The second-order valence-corrected chi connectivity index (χ2v) is 7.26. The quantitative estimate of drug-likeness (QED) is 0.479.